The van der Waals surface area contributed by atoms with Crippen LogP contribution in [0, 0.1) is 13.8 Å². The quantitative estimate of drug-likeness (QED) is 0.930. The predicted molar refractivity (Wildman–Crippen MR) is 75.8 cm³/mol. The van der Waals surface area contributed by atoms with Crippen molar-refractivity contribution in [2.24, 2.45) is 7.05 Å². The minimum Gasteiger partial charge on any atom is -0.479 e. The van der Waals surface area contributed by atoms with Crippen molar-refractivity contribution in [2.45, 2.75) is 26.9 Å². The van der Waals surface area contributed by atoms with Crippen molar-refractivity contribution in [1.82, 2.24) is 9.78 Å². The van der Waals surface area contributed by atoms with E-state index in [0.717, 1.165) is 22.5 Å². The highest BCUT2D eigenvalue weighted by Crippen LogP contribution is 2.28. The third-order valence-corrected chi connectivity index (χ3v) is 3.31. The van der Waals surface area contributed by atoms with Gasteiger partial charge in [-0.1, -0.05) is 12.1 Å². The first-order chi connectivity index (χ1) is 9.40. The molecule has 0 saturated carbocycles. The van der Waals surface area contributed by atoms with Crippen LogP contribution in [0.2, 0.25) is 0 Å². The molecule has 0 spiro atoms. The summed E-state index contributed by atoms with van der Waals surface area (Å²) in [7, 11) is 1.91. The van der Waals surface area contributed by atoms with Gasteiger partial charge in [0.15, 0.2) is 6.10 Å². The fraction of sp³-hybridized carbons (Fsp3) is 0.333. The Bertz CT molecular complexity index is 629. The second-order valence-electron chi connectivity index (χ2n) is 4.79. The molecule has 2 aromatic rings. The van der Waals surface area contributed by atoms with Crippen LogP contribution in [0.1, 0.15) is 18.3 Å². The first kappa shape index (κ1) is 14.1. The average molecular weight is 274 g/mol. The van der Waals surface area contributed by atoms with Crippen LogP contribution in [0.15, 0.2) is 24.3 Å². The molecule has 5 nitrogen and oxygen atoms in total. The number of aryl methyl sites for hydroxylation is 2. The summed E-state index contributed by atoms with van der Waals surface area (Å²) in [5.41, 5.74) is 4.21. The highest BCUT2D eigenvalue weighted by molar-refractivity contribution is 5.72. The number of aromatic nitrogens is 2. The van der Waals surface area contributed by atoms with E-state index in [4.69, 9.17) is 9.84 Å². The van der Waals surface area contributed by atoms with E-state index >= 15 is 0 Å². The van der Waals surface area contributed by atoms with Gasteiger partial charge in [-0.15, -0.1) is 0 Å². The van der Waals surface area contributed by atoms with E-state index in [2.05, 4.69) is 5.10 Å². The minimum absolute atomic E-state index is 0.544. The molecule has 1 heterocycles. The van der Waals surface area contributed by atoms with Crippen LogP contribution in [-0.2, 0) is 11.8 Å². The molecule has 0 bridgehead atoms. The molecule has 1 N–H and O–H groups in total. The summed E-state index contributed by atoms with van der Waals surface area (Å²) in [6.07, 6.45) is -0.859. The lowest BCUT2D eigenvalue weighted by Crippen LogP contribution is -2.22. The van der Waals surface area contributed by atoms with Gasteiger partial charge in [-0.2, -0.15) is 5.10 Å². The Kier molecular flexibility index (Phi) is 3.79. The Morgan fingerprint density at radius 1 is 1.30 bits per heavy atom. The second-order valence-corrected chi connectivity index (χ2v) is 4.79. The molecule has 2 rings (SSSR count). The number of carbonyl (C=O) groups is 1. The van der Waals surface area contributed by atoms with Crippen molar-refractivity contribution in [3.63, 3.8) is 0 Å². The number of carboxylic acids is 1. The van der Waals surface area contributed by atoms with Gasteiger partial charge in [-0.05, 0) is 38.5 Å². The van der Waals surface area contributed by atoms with Crippen molar-refractivity contribution < 1.29 is 14.6 Å². The normalized spacial score (nSPS) is 12.2. The molecule has 0 saturated heterocycles. The summed E-state index contributed by atoms with van der Waals surface area (Å²) < 4.78 is 7.16. The molecule has 0 amide bonds. The van der Waals surface area contributed by atoms with E-state index in [9.17, 15) is 4.79 Å². The molecule has 0 radical (unpaired) electrons. The van der Waals surface area contributed by atoms with E-state index in [-0.39, 0.29) is 0 Å². The van der Waals surface area contributed by atoms with Crippen molar-refractivity contribution in [3.05, 3.63) is 35.7 Å². The molecule has 1 unspecified atom stereocenters. The second kappa shape index (κ2) is 5.36. The summed E-state index contributed by atoms with van der Waals surface area (Å²) in [5, 5.41) is 13.2. The van der Waals surface area contributed by atoms with E-state index in [0.29, 0.717) is 5.75 Å². The smallest absolute Gasteiger partial charge is 0.344 e. The van der Waals surface area contributed by atoms with Crippen molar-refractivity contribution in [1.29, 1.82) is 0 Å². The Labute approximate surface area is 117 Å². The number of aliphatic carboxylic acids is 1. The largest absolute Gasteiger partial charge is 0.479 e. The molecule has 20 heavy (non-hydrogen) atoms. The standard InChI is InChI=1S/C15H18N2O3/c1-9-14(10(2)17(4)16-9)12-5-7-13(8-6-12)20-11(3)15(18)19/h5-8,11H,1-4H3,(H,18,19). The van der Waals surface area contributed by atoms with Gasteiger partial charge < -0.3 is 9.84 Å². The maximum atomic E-state index is 10.7. The lowest BCUT2D eigenvalue weighted by Gasteiger charge is -2.11. The van der Waals surface area contributed by atoms with Gasteiger partial charge >= 0.3 is 5.97 Å². The van der Waals surface area contributed by atoms with Crippen molar-refractivity contribution >= 4 is 5.97 Å². The van der Waals surface area contributed by atoms with Gasteiger partial charge in [0, 0.05) is 18.3 Å². The zero-order valence-electron chi connectivity index (χ0n) is 12.0. The van der Waals surface area contributed by atoms with Crippen LogP contribution in [0.25, 0.3) is 11.1 Å². The van der Waals surface area contributed by atoms with Gasteiger partial charge in [0.1, 0.15) is 5.75 Å². The SMILES string of the molecule is Cc1nn(C)c(C)c1-c1ccc(OC(C)C(=O)O)cc1. The average Bonchev–Trinajstić information content (AvgIpc) is 2.64. The van der Waals surface area contributed by atoms with Crippen molar-refractivity contribution in [3.8, 4) is 16.9 Å². The zero-order valence-corrected chi connectivity index (χ0v) is 12.0. The molecular weight excluding hydrogens is 256 g/mol. The predicted octanol–water partition coefficient (Wildman–Crippen LogP) is 2.56. The highest BCUT2D eigenvalue weighted by atomic mass is 16.5. The van der Waals surface area contributed by atoms with Crippen LogP contribution in [-0.4, -0.2) is 27.0 Å². The third-order valence-electron chi connectivity index (χ3n) is 3.31. The lowest BCUT2D eigenvalue weighted by atomic mass is 10.0. The monoisotopic (exact) mass is 274 g/mol. The lowest BCUT2D eigenvalue weighted by molar-refractivity contribution is -0.144. The van der Waals surface area contributed by atoms with Crippen LogP contribution in [0.4, 0.5) is 0 Å². The number of rotatable bonds is 4. The first-order valence-electron chi connectivity index (χ1n) is 6.40. The summed E-state index contributed by atoms with van der Waals surface area (Å²) in [4.78, 5) is 10.7. The topological polar surface area (TPSA) is 64.4 Å². The Morgan fingerprint density at radius 2 is 1.90 bits per heavy atom. The Hall–Kier alpha value is -2.30. The summed E-state index contributed by atoms with van der Waals surface area (Å²) >= 11 is 0. The van der Waals surface area contributed by atoms with Gasteiger partial charge in [-0.25, -0.2) is 4.79 Å². The summed E-state index contributed by atoms with van der Waals surface area (Å²) in [6.45, 7) is 5.50. The van der Waals surface area contributed by atoms with Crippen LogP contribution < -0.4 is 4.74 Å². The number of benzene rings is 1. The number of hydrogen-bond acceptors (Lipinski definition) is 3. The molecule has 106 valence electrons. The van der Waals surface area contributed by atoms with E-state index in [1.165, 1.54) is 6.92 Å². The molecule has 0 aliphatic carbocycles. The summed E-state index contributed by atoms with van der Waals surface area (Å²) in [5.74, 6) is -0.434. The van der Waals surface area contributed by atoms with Gasteiger partial charge in [0.05, 0.1) is 5.69 Å². The first-order valence-corrected chi connectivity index (χ1v) is 6.40. The fourth-order valence-electron chi connectivity index (χ4n) is 2.15. The third kappa shape index (κ3) is 2.66. The molecule has 0 aliphatic rings. The maximum Gasteiger partial charge on any atom is 0.344 e. The molecule has 0 fully saturated rings. The number of carboxylic acid groups (broad SMARTS) is 1. The highest BCUT2D eigenvalue weighted by Gasteiger charge is 2.14. The van der Waals surface area contributed by atoms with Gasteiger partial charge in [0.25, 0.3) is 0 Å². The maximum absolute atomic E-state index is 10.7. The van der Waals surface area contributed by atoms with E-state index < -0.39 is 12.1 Å². The van der Waals surface area contributed by atoms with Gasteiger partial charge in [0.2, 0.25) is 0 Å². The summed E-state index contributed by atoms with van der Waals surface area (Å²) in [6, 6.07) is 7.39. The Morgan fingerprint density at radius 3 is 2.35 bits per heavy atom. The van der Waals surface area contributed by atoms with E-state index in [1.807, 2.05) is 37.7 Å². The molecule has 0 aliphatic heterocycles. The number of nitrogens with zero attached hydrogens (tertiary/aromatic N) is 2. The molecule has 1 aromatic heterocycles. The number of ether oxygens (including phenoxy) is 1. The van der Waals surface area contributed by atoms with Crippen LogP contribution >= 0.6 is 0 Å². The molecule has 5 heteroatoms. The number of hydrogen-bond donors (Lipinski definition) is 1. The molecular formula is C15H18N2O3. The molecule has 1 aromatic carbocycles. The van der Waals surface area contributed by atoms with E-state index in [1.54, 1.807) is 12.1 Å². The van der Waals surface area contributed by atoms with Gasteiger partial charge in [-0.3, -0.25) is 4.68 Å². The van der Waals surface area contributed by atoms with Crippen molar-refractivity contribution in [2.75, 3.05) is 0 Å². The van der Waals surface area contributed by atoms with Crippen LogP contribution in [0.5, 0.6) is 5.75 Å². The fourth-order valence-corrected chi connectivity index (χ4v) is 2.15. The minimum atomic E-state index is -0.979. The molecule has 1 atom stereocenters. The Balaban J connectivity index is 2.26. The zero-order chi connectivity index (χ0) is 14.9. The van der Waals surface area contributed by atoms with Crippen LogP contribution in [0.3, 0.4) is 0 Å².